The maximum absolute atomic E-state index is 12.7. The second-order valence-corrected chi connectivity index (χ2v) is 7.10. The number of rotatable bonds is 4. The average molecular weight is 345 g/mol. The Labute approximate surface area is 149 Å². The van der Waals surface area contributed by atoms with Gasteiger partial charge < -0.3 is 19.8 Å². The fourth-order valence-electron chi connectivity index (χ4n) is 3.62. The van der Waals surface area contributed by atoms with E-state index < -0.39 is 12.0 Å². The molecular formula is C19H27N3O3. The number of carbonyl (C=O) groups is 2. The molecule has 0 bridgehead atoms. The molecule has 0 aromatic heterocycles. The molecular weight excluding hydrogens is 318 g/mol. The van der Waals surface area contributed by atoms with Crippen molar-refractivity contribution in [2.45, 2.75) is 18.9 Å². The van der Waals surface area contributed by atoms with Crippen LogP contribution in [0, 0.1) is 5.92 Å². The van der Waals surface area contributed by atoms with E-state index in [1.807, 2.05) is 30.1 Å². The number of amides is 2. The Morgan fingerprint density at radius 3 is 2.68 bits per heavy atom. The lowest BCUT2D eigenvalue weighted by atomic mass is 9.93. The van der Waals surface area contributed by atoms with Gasteiger partial charge in [0.2, 0.25) is 11.8 Å². The first-order valence-electron chi connectivity index (χ1n) is 9.01. The Bertz CT molecular complexity index is 607. The van der Waals surface area contributed by atoms with Crippen LogP contribution < -0.4 is 0 Å². The zero-order valence-corrected chi connectivity index (χ0v) is 14.8. The molecule has 1 aromatic carbocycles. The minimum Gasteiger partial charge on any atom is -0.392 e. The summed E-state index contributed by atoms with van der Waals surface area (Å²) in [5.41, 5.74) is 1.21. The van der Waals surface area contributed by atoms with Crippen LogP contribution in [0.25, 0.3) is 0 Å². The van der Waals surface area contributed by atoms with Gasteiger partial charge in [-0.25, -0.2) is 0 Å². The first-order valence-corrected chi connectivity index (χ1v) is 9.01. The Morgan fingerprint density at radius 1 is 1.20 bits per heavy atom. The van der Waals surface area contributed by atoms with Gasteiger partial charge in [0.25, 0.3) is 0 Å². The summed E-state index contributed by atoms with van der Waals surface area (Å²) < 4.78 is 0. The van der Waals surface area contributed by atoms with E-state index in [2.05, 4.69) is 17.0 Å². The summed E-state index contributed by atoms with van der Waals surface area (Å²) in [5, 5.41) is 10.1. The topological polar surface area (TPSA) is 64.1 Å². The standard InChI is InChI=1S/C19H27N3O3/c1-20-9-8-17(23)16(13-20)19(25)22-12-11-21(18(24)14-22)10-7-15-5-3-2-4-6-15/h2-6,16-17,23H,7-14H2,1H3/t16-,17+/m1/s1. The van der Waals surface area contributed by atoms with Gasteiger partial charge >= 0.3 is 0 Å². The van der Waals surface area contributed by atoms with Gasteiger partial charge in [-0.15, -0.1) is 0 Å². The SMILES string of the molecule is CN1CC[C@H](O)[C@H](C(=O)N2CCN(CCc3ccccc3)C(=O)C2)C1. The fraction of sp³-hybridized carbons (Fsp3) is 0.579. The summed E-state index contributed by atoms with van der Waals surface area (Å²) >= 11 is 0. The van der Waals surface area contributed by atoms with Crippen LogP contribution >= 0.6 is 0 Å². The molecule has 136 valence electrons. The van der Waals surface area contributed by atoms with Crippen LogP contribution in [-0.2, 0) is 16.0 Å². The average Bonchev–Trinajstić information content (AvgIpc) is 2.63. The number of nitrogens with zero attached hydrogens (tertiary/aromatic N) is 3. The van der Waals surface area contributed by atoms with E-state index >= 15 is 0 Å². The molecule has 0 saturated carbocycles. The molecule has 6 heteroatoms. The summed E-state index contributed by atoms with van der Waals surface area (Å²) in [7, 11) is 1.96. The molecule has 0 aliphatic carbocycles. The van der Waals surface area contributed by atoms with Gasteiger partial charge in [0, 0.05) is 32.7 Å². The highest BCUT2D eigenvalue weighted by atomic mass is 16.3. The molecule has 25 heavy (non-hydrogen) atoms. The van der Waals surface area contributed by atoms with Crippen molar-refractivity contribution < 1.29 is 14.7 Å². The van der Waals surface area contributed by atoms with Crippen LogP contribution in [0.2, 0.25) is 0 Å². The van der Waals surface area contributed by atoms with E-state index in [1.165, 1.54) is 5.56 Å². The van der Waals surface area contributed by atoms with E-state index in [9.17, 15) is 14.7 Å². The number of hydrogen-bond donors (Lipinski definition) is 1. The van der Waals surface area contributed by atoms with Crippen LogP contribution in [0.5, 0.6) is 0 Å². The van der Waals surface area contributed by atoms with Crippen LogP contribution in [0.4, 0.5) is 0 Å². The zero-order chi connectivity index (χ0) is 17.8. The molecule has 0 radical (unpaired) electrons. The fourth-order valence-corrected chi connectivity index (χ4v) is 3.62. The lowest BCUT2D eigenvalue weighted by molar-refractivity contribution is -0.151. The number of carbonyl (C=O) groups excluding carboxylic acids is 2. The van der Waals surface area contributed by atoms with E-state index in [0.717, 1.165) is 13.0 Å². The second kappa shape index (κ2) is 7.97. The lowest BCUT2D eigenvalue weighted by Crippen LogP contribution is -2.57. The highest BCUT2D eigenvalue weighted by Crippen LogP contribution is 2.20. The molecule has 0 spiro atoms. The summed E-state index contributed by atoms with van der Waals surface area (Å²) in [6.07, 6.45) is 0.833. The normalized spacial score (nSPS) is 25.3. The van der Waals surface area contributed by atoms with Gasteiger partial charge in [-0.05, 0) is 25.5 Å². The second-order valence-electron chi connectivity index (χ2n) is 7.10. The van der Waals surface area contributed by atoms with Crippen LogP contribution in [-0.4, -0.2) is 84.0 Å². The van der Waals surface area contributed by atoms with Crippen molar-refractivity contribution in [3.8, 4) is 0 Å². The number of likely N-dealkylation sites (tertiary alicyclic amines) is 1. The third kappa shape index (κ3) is 4.38. The van der Waals surface area contributed by atoms with Crippen molar-refractivity contribution in [2.24, 2.45) is 5.92 Å². The van der Waals surface area contributed by atoms with Crippen molar-refractivity contribution in [1.29, 1.82) is 0 Å². The molecule has 6 nitrogen and oxygen atoms in total. The zero-order valence-electron chi connectivity index (χ0n) is 14.8. The van der Waals surface area contributed by atoms with Crippen molar-refractivity contribution in [2.75, 3.05) is 46.3 Å². The van der Waals surface area contributed by atoms with Crippen LogP contribution in [0.15, 0.2) is 30.3 Å². The van der Waals surface area contributed by atoms with E-state index in [1.54, 1.807) is 4.90 Å². The number of aliphatic hydroxyl groups excluding tert-OH is 1. The van der Waals surface area contributed by atoms with Crippen molar-refractivity contribution in [1.82, 2.24) is 14.7 Å². The molecule has 0 unspecified atom stereocenters. The molecule has 1 N–H and O–H groups in total. The third-order valence-corrected chi connectivity index (χ3v) is 5.24. The maximum Gasteiger partial charge on any atom is 0.242 e. The Morgan fingerprint density at radius 2 is 1.96 bits per heavy atom. The Kier molecular flexibility index (Phi) is 5.71. The predicted molar refractivity (Wildman–Crippen MR) is 94.9 cm³/mol. The van der Waals surface area contributed by atoms with E-state index in [4.69, 9.17) is 0 Å². The summed E-state index contributed by atoms with van der Waals surface area (Å²) in [4.78, 5) is 30.6. The predicted octanol–water partition coefficient (Wildman–Crippen LogP) is 0.213. The molecule has 2 saturated heterocycles. The molecule has 2 heterocycles. The van der Waals surface area contributed by atoms with Crippen LogP contribution in [0.1, 0.15) is 12.0 Å². The number of piperazine rings is 1. The molecule has 3 rings (SSSR count). The lowest BCUT2D eigenvalue weighted by Gasteiger charge is -2.39. The summed E-state index contributed by atoms with van der Waals surface area (Å²) in [5.74, 6) is -0.508. The summed E-state index contributed by atoms with van der Waals surface area (Å²) in [6, 6.07) is 10.1. The van der Waals surface area contributed by atoms with E-state index in [0.29, 0.717) is 32.6 Å². The molecule has 2 amide bonds. The highest BCUT2D eigenvalue weighted by Gasteiger charge is 2.37. The number of piperidine rings is 1. The molecule has 2 aliphatic rings. The largest absolute Gasteiger partial charge is 0.392 e. The Hall–Kier alpha value is -1.92. The van der Waals surface area contributed by atoms with Crippen molar-refractivity contribution >= 4 is 11.8 Å². The smallest absolute Gasteiger partial charge is 0.242 e. The van der Waals surface area contributed by atoms with E-state index in [-0.39, 0.29) is 18.4 Å². The van der Waals surface area contributed by atoms with Gasteiger partial charge in [0.15, 0.2) is 0 Å². The Balaban J connectivity index is 1.52. The summed E-state index contributed by atoms with van der Waals surface area (Å²) in [6.45, 7) is 3.28. The minimum absolute atomic E-state index is 0.00538. The number of aliphatic hydroxyl groups is 1. The highest BCUT2D eigenvalue weighted by molar-refractivity contribution is 5.87. The molecule has 1 aromatic rings. The maximum atomic E-state index is 12.7. The first-order chi connectivity index (χ1) is 12.0. The van der Waals surface area contributed by atoms with Gasteiger partial charge in [0.1, 0.15) is 0 Å². The quantitative estimate of drug-likeness (QED) is 0.848. The van der Waals surface area contributed by atoms with Gasteiger partial charge in [-0.3, -0.25) is 9.59 Å². The third-order valence-electron chi connectivity index (χ3n) is 5.24. The van der Waals surface area contributed by atoms with Crippen molar-refractivity contribution in [3.63, 3.8) is 0 Å². The minimum atomic E-state index is -0.602. The monoisotopic (exact) mass is 345 g/mol. The number of hydrogen-bond acceptors (Lipinski definition) is 4. The molecule has 2 fully saturated rings. The van der Waals surface area contributed by atoms with Gasteiger partial charge in [-0.1, -0.05) is 30.3 Å². The van der Waals surface area contributed by atoms with Gasteiger partial charge in [0.05, 0.1) is 18.6 Å². The van der Waals surface area contributed by atoms with Crippen molar-refractivity contribution in [3.05, 3.63) is 35.9 Å². The van der Waals surface area contributed by atoms with Crippen LogP contribution in [0.3, 0.4) is 0 Å². The molecule has 2 aliphatic heterocycles. The number of benzene rings is 1. The first kappa shape index (κ1) is 17.9. The molecule has 2 atom stereocenters. The van der Waals surface area contributed by atoms with Gasteiger partial charge in [-0.2, -0.15) is 0 Å².